The highest BCUT2D eigenvalue weighted by Gasteiger charge is 2.51. The molecule has 0 saturated carbocycles. The highest BCUT2D eigenvalue weighted by Crippen LogP contribution is 2.43. The maximum absolute atomic E-state index is 13.1. The summed E-state index contributed by atoms with van der Waals surface area (Å²) in [4.78, 5) is 26.5. The zero-order valence-electron chi connectivity index (χ0n) is 18.8. The Morgan fingerprint density at radius 3 is 3.00 bits per heavy atom. The van der Waals surface area contributed by atoms with Crippen molar-refractivity contribution in [1.29, 1.82) is 0 Å². The summed E-state index contributed by atoms with van der Waals surface area (Å²) in [6.07, 6.45) is 5.87. The molecule has 3 aromatic heterocycles. The van der Waals surface area contributed by atoms with Crippen LogP contribution in [0.4, 0.5) is 11.5 Å². The Kier molecular flexibility index (Phi) is 4.38. The molecule has 9 nitrogen and oxygen atoms in total. The van der Waals surface area contributed by atoms with Crippen molar-refractivity contribution in [2.45, 2.75) is 19.3 Å². The summed E-state index contributed by atoms with van der Waals surface area (Å²) in [6.45, 7) is 3.30. The molecule has 1 atom stereocenters. The highest BCUT2D eigenvalue weighted by atomic mass is 32.1. The fraction of sp³-hybridized carbons (Fsp3) is 0.417. The predicted octanol–water partition coefficient (Wildman–Crippen LogP) is 3.28. The third kappa shape index (κ3) is 3.01. The van der Waals surface area contributed by atoms with Gasteiger partial charge in [0.25, 0.3) is 0 Å². The summed E-state index contributed by atoms with van der Waals surface area (Å²) in [6, 6.07) is 3.93. The number of fused-ring (bicyclic) bond motifs is 4. The maximum atomic E-state index is 13.1. The average Bonchev–Trinajstić information content (AvgIpc) is 3.40. The largest absolute Gasteiger partial charge is 0.494 e. The number of amides is 1. The molecule has 1 aromatic carbocycles. The third-order valence-electron chi connectivity index (χ3n) is 7.39. The van der Waals surface area contributed by atoms with E-state index in [0.717, 1.165) is 78.2 Å². The molecule has 1 amide bonds. The number of hydrogen-bond acceptors (Lipinski definition) is 8. The number of likely N-dealkylation sites (tertiary alicyclic amines) is 1. The number of carbonyl (C=O) groups is 1. The molecule has 1 aliphatic carbocycles. The number of nitrogens with one attached hydrogen (secondary N) is 2. The van der Waals surface area contributed by atoms with E-state index in [2.05, 4.69) is 25.5 Å². The summed E-state index contributed by atoms with van der Waals surface area (Å²) in [5.41, 5.74) is 3.26. The van der Waals surface area contributed by atoms with Crippen LogP contribution in [0.3, 0.4) is 0 Å². The summed E-state index contributed by atoms with van der Waals surface area (Å²) < 4.78 is 11.0. The average molecular weight is 477 g/mol. The fourth-order valence-corrected chi connectivity index (χ4v) is 6.80. The van der Waals surface area contributed by atoms with Gasteiger partial charge in [0.2, 0.25) is 5.91 Å². The van der Waals surface area contributed by atoms with Crippen molar-refractivity contribution in [3.8, 4) is 5.75 Å². The Bertz CT molecular complexity index is 1430. The Balaban J connectivity index is 1.18. The van der Waals surface area contributed by atoms with Crippen LogP contribution in [0.1, 0.15) is 16.9 Å². The number of anilines is 2. The van der Waals surface area contributed by atoms with Crippen LogP contribution in [-0.2, 0) is 22.4 Å². The van der Waals surface area contributed by atoms with Crippen molar-refractivity contribution in [1.82, 2.24) is 25.1 Å². The first-order chi connectivity index (χ1) is 16.6. The van der Waals surface area contributed by atoms with E-state index in [9.17, 15) is 4.79 Å². The van der Waals surface area contributed by atoms with Crippen LogP contribution >= 0.6 is 11.3 Å². The Hall–Kier alpha value is -3.24. The van der Waals surface area contributed by atoms with Crippen molar-refractivity contribution in [2.24, 2.45) is 11.3 Å². The molecule has 2 N–H and O–H groups in total. The topological polar surface area (TPSA) is 105 Å². The van der Waals surface area contributed by atoms with Gasteiger partial charge in [0.05, 0.1) is 48.5 Å². The molecular formula is C24H24N6O3S. The lowest BCUT2D eigenvalue weighted by atomic mass is 9.76. The summed E-state index contributed by atoms with van der Waals surface area (Å²) in [5.74, 6) is 1.82. The van der Waals surface area contributed by atoms with Gasteiger partial charge in [-0.2, -0.15) is 5.10 Å². The number of aromatic amines is 1. The molecule has 0 bridgehead atoms. The van der Waals surface area contributed by atoms with Crippen LogP contribution < -0.4 is 10.1 Å². The van der Waals surface area contributed by atoms with Gasteiger partial charge in [-0.25, -0.2) is 9.97 Å². The van der Waals surface area contributed by atoms with Crippen LogP contribution in [0.15, 0.2) is 24.7 Å². The van der Waals surface area contributed by atoms with Crippen LogP contribution in [0.5, 0.6) is 5.75 Å². The number of hydrogen-bond donors (Lipinski definition) is 2. The van der Waals surface area contributed by atoms with E-state index in [4.69, 9.17) is 9.47 Å². The number of thiophene rings is 1. The van der Waals surface area contributed by atoms with Crippen LogP contribution in [0, 0.1) is 11.3 Å². The molecule has 0 radical (unpaired) electrons. The third-order valence-corrected chi connectivity index (χ3v) is 8.55. The molecule has 1 spiro atoms. The first-order valence-electron chi connectivity index (χ1n) is 11.5. The van der Waals surface area contributed by atoms with E-state index in [1.165, 1.54) is 10.4 Å². The van der Waals surface area contributed by atoms with Crippen molar-refractivity contribution < 1.29 is 14.3 Å². The minimum absolute atomic E-state index is 0.0480. The molecular weight excluding hydrogens is 452 g/mol. The van der Waals surface area contributed by atoms with Gasteiger partial charge in [-0.05, 0) is 30.9 Å². The number of benzene rings is 1. The standard InChI is InChI=1S/C24H24N6O3S/c1-32-18-6-16-14(7-27-29-16)4-17(18)28-21-20-15-3-2-13(5-19(15)34-22(20)26-12-25-21)23(31)30-8-24(9-30)10-33-11-24/h4,6-7,12-13H,2-3,5,8-11H2,1H3,(H,27,29)(H,25,26,28). The van der Waals surface area contributed by atoms with Gasteiger partial charge >= 0.3 is 0 Å². The van der Waals surface area contributed by atoms with E-state index in [0.29, 0.717) is 11.7 Å². The monoisotopic (exact) mass is 476 g/mol. The van der Waals surface area contributed by atoms with E-state index in [1.54, 1.807) is 31.0 Å². The number of aryl methyl sites for hydroxylation is 1. The van der Waals surface area contributed by atoms with Crippen molar-refractivity contribution in [2.75, 3.05) is 38.7 Å². The van der Waals surface area contributed by atoms with Gasteiger partial charge in [-0.3, -0.25) is 9.89 Å². The quantitative estimate of drug-likeness (QED) is 0.466. The SMILES string of the molecule is COc1cc2[nH]ncc2cc1Nc1ncnc2sc3c(c12)CCC(C(=O)N1CC2(COC2)C1)C3. The lowest BCUT2D eigenvalue weighted by Crippen LogP contribution is -2.68. The van der Waals surface area contributed by atoms with Crippen molar-refractivity contribution in [3.63, 3.8) is 0 Å². The van der Waals surface area contributed by atoms with Crippen molar-refractivity contribution in [3.05, 3.63) is 35.1 Å². The molecule has 1 unspecified atom stereocenters. The summed E-state index contributed by atoms with van der Waals surface area (Å²) >= 11 is 1.68. The summed E-state index contributed by atoms with van der Waals surface area (Å²) in [7, 11) is 1.65. The van der Waals surface area contributed by atoms with Crippen LogP contribution in [0.25, 0.3) is 21.1 Å². The predicted molar refractivity (Wildman–Crippen MR) is 129 cm³/mol. The molecule has 7 rings (SSSR count). The smallest absolute Gasteiger partial charge is 0.226 e. The first-order valence-corrected chi connectivity index (χ1v) is 12.3. The normalized spacial score (nSPS) is 20.7. The van der Waals surface area contributed by atoms with Gasteiger partial charge in [0.1, 0.15) is 22.7 Å². The molecule has 2 saturated heterocycles. The maximum Gasteiger partial charge on any atom is 0.226 e. The molecule has 2 aliphatic heterocycles. The number of ether oxygens (including phenoxy) is 2. The molecule has 10 heteroatoms. The Morgan fingerprint density at radius 1 is 1.32 bits per heavy atom. The van der Waals surface area contributed by atoms with Gasteiger partial charge in [0.15, 0.2) is 0 Å². The van der Waals surface area contributed by atoms with Gasteiger partial charge in [0, 0.05) is 35.3 Å². The number of carbonyl (C=O) groups excluding carboxylic acids is 1. The van der Waals surface area contributed by atoms with Gasteiger partial charge in [-0.1, -0.05) is 0 Å². The van der Waals surface area contributed by atoms with E-state index < -0.39 is 0 Å². The Labute approximate surface area is 199 Å². The number of rotatable bonds is 4. The highest BCUT2D eigenvalue weighted by molar-refractivity contribution is 7.19. The zero-order chi connectivity index (χ0) is 22.9. The second kappa shape index (κ2) is 7.38. The van der Waals surface area contributed by atoms with Crippen LogP contribution in [0.2, 0.25) is 0 Å². The van der Waals surface area contributed by atoms with Crippen LogP contribution in [-0.4, -0.2) is 64.4 Å². The van der Waals surface area contributed by atoms with E-state index in [-0.39, 0.29) is 11.3 Å². The number of H-pyrrole nitrogens is 1. The number of aromatic nitrogens is 4. The summed E-state index contributed by atoms with van der Waals surface area (Å²) in [5, 5.41) is 12.6. The number of nitrogens with zero attached hydrogens (tertiary/aromatic N) is 4. The molecule has 4 aromatic rings. The molecule has 2 fully saturated rings. The lowest BCUT2D eigenvalue weighted by molar-refractivity contribution is -0.197. The van der Waals surface area contributed by atoms with E-state index >= 15 is 0 Å². The molecule has 5 heterocycles. The number of methoxy groups -OCH3 is 1. The minimum atomic E-state index is 0.0480. The first kappa shape index (κ1) is 20.2. The molecule has 3 aliphatic rings. The van der Waals surface area contributed by atoms with Gasteiger partial charge < -0.3 is 19.7 Å². The molecule has 34 heavy (non-hydrogen) atoms. The minimum Gasteiger partial charge on any atom is -0.494 e. The van der Waals surface area contributed by atoms with Crippen molar-refractivity contribution >= 4 is 49.9 Å². The van der Waals surface area contributed by atoms with Gasteiger partial charge in [-0.15, -0.1) is 11.3 Å². The Morgan fingerprint density at radius 2 is 2.21 bits per heavy atom. The zero-order valence-corrected chi connectivity index (χ0v) is 19.6. The molecule has 174 valence electrons. The second-order valence-electron chi connectivity index (χ2n) is 9.67. The second-order valence-corrected chi connectivity index (χ2v) is 10.8. The lowest BCUT2D eigenvalue weighted by Gasteiger charge is -2.55. The fourth-order valence-electron chi connectivity index (χ4n) is 5.53. The van der Waals surface area contributed by atoms with E-state index in [1.807, 2.05) is 17.0 Å².